The summed E-state index contributed by atoms with van der Waals surface area (Å²) in [6, 6.07) is 14.0. The van der Waals surface area contributed by atoms with E-state index >= 15 is 0 Å². The molecule has 4 nitrogen and oxygen atoms in total. The lowest BCUT2D eigenvalue weighted by atomic mass is 10.0. The molecule has 0 bridgehead atoms. The fourth-order valence-corrected chi connectivity index (χ4v) is 2.89. The Balaban J connectivity index is 2.11. The van der Waals surface area contributed by atoms with Gasteiger partial charge < -0.3 is 15.4 Å². The third kappa shape index (κ3) is 4.79. The summed E-state index contributed by atoms with van der Waals surface area (Å²) in [5.74, 6) is -0.355. The number of aryl methyl sites for hydroxylation is 1. The van der Waals surface area contributed by atoms with Crippen LogP contribution in [0.4, 0.5) is 5.69 Å². The van der Waals surface area contributed by atoms with Gasteiger partial charge in [-0.3, -0.25) is 0 Å². The highest BCUT2D eigenvalue weighted by Gasteiger charge is 2.14. The van der Waals surface area contributed by atoms with Gasteiger partial charge >= 0.3 is 5.97 Å². The largest absolute Gasteiger partial charge is 0.465 e. The van der Waals surface area contributed by atoms with Crippen molar-refractivity contribution in [2.45, 2.75) is 33.2 Å². The fraction of sp³-hybridized carbons (Fsp3) is 0.300. The van der Waals surface area contributed by atoms with Crippen LogP contribution in [0.25, 0.3) is 0 Å². The lowest BCUT2D eigenvalue weighted by Gasteiger charge is -2.21. The molecule has 0 radical (unpaired) electrons. The molecule has 0 aromatic heterocycles. The molecule has 0 saturated heterocycles. The van der Waals surface area contributed by atoms with Crippen LogP contribution in [0.5, 0.6) is 0 Å². The van der Waals surface area contributed by atoms with Crippen LogP contribution in [0.2, 0.25) is 0 Å². The third-order valence-electron chi connectivity index (χ3n) is 4.18. The molecule has 0 spiro atoms. The quantitative estimate of drug-likeness (QED) is 0.609. The Morgan fingerprint density at radius 2 is 1.84 bits per heavy atom. The first-order chi connectivity index (χ1) is 12.0. The van der Waals surface area contributed by atoms with Crippen molar-refractivity contribution in [1.82, 2.24) is 5.32 Å². The molecule has 2 aromatic carbocycles. The van der Waals surface area contributed by atoms with E-state index < -0.39 is 0 Å². The summed E-state index contributed by atoms with van der Waals surface area (Å²) in [7, 11) is 1.38. The van der Waals surface area contributed by atoms with E-state index in [4.69, 9.17) is 17.0 Å². The number of carbonyl (C=O) groups excluding carboxylic acids is 1. The van der Waals surface area contributed by atoms with Gasteiger partial charge in [-0.2, -0.15) is 0 Å². The predicted octanol–water partition coefficient (Wildman–Crippen LogP) is 4.53. The van der Waals surface area contributed by atoms with E-state index in [9.17, 15) is 4.79 Å². The van der Waals surface area contributed by atoms with E-state index in [2.05, 4.69) is 48.7 Å². The highest BCUT2D eigenvalue weighted by molar-refractivity contribution is 7.80. The SMILES string of the molecule is CC[C@H](NC(=S)Nc1cccc(C(=O)OC)c1C)c1ccc(C)cc1. The molecule has 0 aliphatic heterocycles. The van der Waals surface area contributed by atoms with Crippen LogP contribution in [0, 0.1) is 13.8 Å². The molecule has 0 amide bonds. The zero-order chi connectivity index (χ0) is 18.4. The number of methoxy groups -OCH3 is 1. The van der Waals surface area contributed by atoms with Crippen LogP contribution >= 0.6 is 12.2 Å². The highest BCUT2D eigenvalue weighted by atomic mass is 32.1. The molecular formula is C20H24N2O2S. The van der Waals surface area contributed by atoms with Crippen molar-refractivity contribution in [2.75, 3.05) is 12.4 Å². The van der Waals surface area contributed by atoms with Gasteiger partial charge in [0.25, 0.3) is 0 Å². The van der Waals surface area contributed by atoms with Gasteiger partial charge in [-0.15, -0.1) is 0 Å². The number of hydrogen-bond donors (Lipinski definition) is 2. The molecule has 0 unspecified atom stereocenters. The summed E-state index contributed by atoms with van der Waals surface area (Å²) in [5, 5.41) is 7.06. The summed E-state index contributed by atoms with van der Waals surface area (Å²) in [6.45, 7) is 6.05. The molecule has 0 aliphatic carbocycles. The summed E-state index contributed by atoms with van der Waals surface area (Å²) < 4.78 is 4.81. The van der Waals surface area contributed by atoms with Gasteiger partial charge in [0.05, 0.1) is 18.7 Å². The number of hydrogen-bond acceptors (Lipinski definition) is 3. The topological polar surface area (TPSA) is 50.4 Å². The Morgan fingerprint density at radius 1 is 1.16 bits per heavy atom. The minimum Gasteiger partial charge on any atom is -0.465 e. The van der Waals surface area contributed by atoms with E-state index in [-0.39, 0.29) is 12.0 Å². The molecule has 1 atom stereocenters. The highest BCUT2D eigenvalue weighted by Crippen LogP contribution is 2.21. The predicted molar refractivity (Wildman–Crippen MR) is 106 cm³/mol. The molecule has 132 valence electrons. The maximum Gasteiger partial charge on any atom is 0.338 e. The fourth-order valence-electron chi connectivity index (χ4n) is 2.64. The van der Waals surface area contributed by atoms with Crippen molar-refractivity contribution in [3.8, 4) is 0 Å². The van der Waals surface area contributed by atoms with Crippen molar-refractivity contribution in [2.24, 2.45) is 0 Å². The Kier molecular flexibility index (Phi) is 6.53. The summed E-state index contributed by atoms with van der Waals surface area (Å²) >= 11 is 5.46. The van der Waals surface area contributed by atoms with Crippen LogP contribution in [0.3, 0.4) is 0 Å². The van der Waals surface area contributed by atoms with Crippen molar-refractivity contribution in [1.29, 1.82) is 0 Å². The van der Waals surface area contributed by atoms with Crippen LogP contribution in [-0.4, -0.2) is 18.2 Å². The summed E-state index contributed by atoms with van der Waals surface area (Å²) in [5.41, 5.74) is 4.55. The molecule has 0 saturated carbocycles. The Morgan fingerprint density at radius 3 is 2.44 bits per heavy atom. The Bertz CT molecular complexity index is 757. The van der Waals surface area contributed by atoms with Crippen LogP contribution < -0.4 is 10.6 Å². The second-order valence-corrected chi connectivity index (χ2v) is 6.35. The number of benzene rings is 2. The molecule has 2 N–H and O–H groups in total. The maximum atomic E-state index is 11.8. The van der Waals surface area contributed by atoms with Gasteiger partial charge in [0, 0.05) is 5.69 Å². The maximum absolute atomic E-state index is 11.8. The average Bonchev–Trinajstić information content (AvgIpc) is 2.61. The van der Waals surface area contributed by atoms with Gasteiger partial charge in [0.2, 0.25) is 0 Å². The number of thiocarbonyl (C=S) groups is 1. The smallest absolute Gasteiger partial charge is 0.338 e. The normalized spacial score (nSPS) is 11.5. The van der Waals surface area contributed by atoms with Crippen LogP contribution in [-0.2, 0) is 4.74 Å². The zero-order valence-corrected chi connectivity index (χ0v) is 15.9. The van der Waals surface area contributed by atoms with Crippen molar-refractivity contribution < 1.29 is 9.53 Å². The molecule has 25 heavy (non-hydrogen) atoms. The minimum atomic E-state index is -0.355. The lowest BCUT2D eigenvalue weighted by molar-refractivity contribution is 0.0600. The van der Waals surface area contributed by atoms with Crippen LogP contribution in [0.1, 0.15) is 46.4 Å². The number of esters is 1. The molecule has 0 heterocycles. The standard InChI is InChI=1S/C20H24N2O2S/c1-5-17(15-11-9-13(2)10-12-15)21-20(25)22-18-8-6-7-16(14(18)3)19(23)24-4/h6-12,17H,5H2,1-4H3,(H2,21,22,25)/t17-/m0/s1. The van der Waals surface area contributed by atoms with E-state index in [1.807, 2.05) is 19.1 Å². The Hall–Kier alpha value is -2.40. The summed E-state index contributed by atoms with van der Waals surface area (Å²) in [6.07, 6.45) is 0.909. The van der Waals surface area contributed by atoms with E-state index in [1.54, 1.807) is 6.07 Å². The number of rotatable bonds is 5. The van der Waals surface area contributed by atoms with Gasteiger partial charge in [-0.05, 0) is 55.7 Å². The second kappa shape index (κ2) is 8.62. The van der Waals surface area contributed by atoms with Crippen molar-refractivity contribution >= 4 is 29.0 Å². The van der Waals surface area contributed by atoms with Gasteiger partial charge in [-0.25, -0.2) is 4.79 Å². The molecule has 2 rings (SSSR count). The van der Waals surface area contributed by atoms with E-state index in [1.165, 1.54) is 18.2 Å². The molecule has 5 heteroatoms. The third-order valence-corrected chi connectivity index (χ3v) is 4.40. The number of carbonyl (C=O) groups is 1. The number of anilines is 1. The first-order valence-corrected chi connectivity index (χ1v) is 8.69. The number of ether oxygens (including phenoxy) is 1. The van der Waals surface area contributed by atoms with Gasteiger partial charge in [0.1, 0.15) is 0 Å². The van der Waals surface area contributed by atoms with E-state index in [0.29, 0.717) is 10.7 Å². The number of nitrogens with one attached hydrogen (secondary N) is 2. The zero-order valence-electron chi connectivity index (χ0n) is 15.1. The Labute approximate surface area is 154 Å². The first kappa shape index (κ1) is 18.9. The van der Waals surface area contributed by atoms with E-state index in [0.717, 1.165) is 17.7 Å². The molecule has 2 aromatic rings. The molecular weight excluding hydrogens is 332 g/mol. The van der Waals surface area contributed by atoms with Crippen LogP contribution in [0.15, 0.2) is 42.5 Å². The minimum absolute atomic E-state index is 0.129. The average molecular weight is 356 g/mol. The molecule has 0 fully saturated rings. The monoisotopic (exact) mass is 356 g/mol. The lowest BCUT2D eigenvalue weighted by Crippen LogP contribution is -2.32. The summed E-state index contributed by atoms with van der Waals surface area (Å²) in [4.78, 5) is 11.8. The van der Waals surface area contributed by atoms with Crippen molar-refractivity contribution in [3.05, 3.63) is 64.7 Å². The second-order valence-electron chi connectivity index (χ2n) is 5.94. The van der Waals surface area contributed by atoms with Gasteiger partial charge in [0.15, 0.2) is 5.11 Å². The first-order valence-electron chi connectivity index (χ1n) is 8.28. The van der Waals surface area contributed by atoms with Gasteiger partial charge in [-0.1, -0.05) is 42.8 Å². The molecule has 0 aliphatic rings. The van der Waals surface area contributed by atoms with Crippen molar-refractivity contribution in [3.63, 3.8) is 0 Å².